The van der Waals surface area contributed by atoms with Crippen molar-refractivity contribution in [3.63, 3.8) is 0 Å². The van der Waals surface area contributed by atoms with E-state index in [0.717, 1.165) is 23.4 Å². The number of halogens is 1. The second-order valence-corrected chi connectivity index (χ2v) is 6.28. The molecule has 0 saturated carbocycles. The van der Waals surface area contributed by atoms with Gasteiger partial charge in [0, 0.05) is 22.4 Å². The number of hydrogen-bond donors (Lipinski definition) is 1. The van der Waals surface area contributed by atoms with Gasteiger partial charge in [-0.3, -0.25) is 4.79 Å². The van der Waals surface area contributed by atoms with Gasteiger partial charge in [-0.2, -0.15) is 0 Å². The fraction of sp³-hybridized carbons (Fsp3) is 0.312. The molecule has 4 heteroatoms. The number of aryl methyl sites for hydroxylation is 1. The maximum Gasteiger partial charge on any atom is 0.220 e. The zero-order chi connectivity index (χ0) is 14.4. The molecule has 20 heavy (non-hydrogen) atoms. The minimum absolute atomic E-state index is 0.0886. The van der Waals surface area contributed by atoms with E-state index in [1.54, 1.807) is 11.3 Å². The van der Waals surface area contributed by atoms with Crippen molar-refractivity contribution in [2.75, 3.05) is 0 Å². The molecule has 2 nitrogen and oxygen atoms in total. The Morgan fingerprint density at radius 3 is 2.80 bits per heavy atom. The number of hydrogen-bond acceptors (Lipinski definition) is 2. The van der Waals surface area contributed by atoms with Gasteiger partial charge in [0.15, 0.2) is 0 Å². The van der Waals surface area contributed by atoms with E-state index < -0.39 is 0 Å². The molecule has 0 aliphatic heterocycles. The van der Waals surface area contributed by atoms with E-state index in [9.17, 15) is 4.79 Å². The lowest BCUT2D eigenvalue weighted by atomic mass is 10.1. The molecular formula is C16H18ClNOS. The molecule has 0 radical (unpaired) electrons. The SMILES string of the molecule is C[C@@H](Cc1ccccc1Cl)NC(=O)CCc1cccs1. The molecule has 0 unspecified atom stereocenters. The summed E-state index contributed by atoms with van der Waals surface area (Å²) < 4.78 is 0. The summed E-state index contributed by atoms with van der Waals surface area (Å²) in [7, 11) is 0. The third kappa shape index (κ3) is 4.66. The molecule has 1 atom stereocenters. The van der Waals surface area contributed by atoms with Gasteiger partial charge in [0.1, 0.15) is 0 Å². The highest BCUT2D eigenvalue weighted by atomic mass is 35.5. The molecule has 0 bridgehead atoms. The van der Waals surface area contributed by atoms with E-state index in [1.165, 1.54) is 4.88 Å². The van der Waals surface area contributed by atoms with Crippen LogP contribution < -0.4 is 5.32 Å². The third-order valence-electron chi connectivity index (χ3n) is 3.07. The van der Waals surface area contributed by atoms with E-state index in [-0.39, 0.29) is 11.9 Å². The summed E-state index contributed by atoms with van der Waals surface area (Å²) in [5, 5.41) is 5.82. The van der Waals surface area contributed by atoms with Crippen molar-refractivity contribution in [2.24, 2.45) is 0 Å². The maximum atomic E-state index is 11.9. The van der Waals surface area contributed by atoms with Crippen LogP contribution in [0.5, 0.6) is 0 Å². The van der Waals surface area contributed by atoms with Gasteiger partial charge in [0.25, 0.3) is 0 Å². The van der Waals surface area contributed by atoms with Gasteiger partial charge in [0.2, 0.25) is 5.91 Å². The number of thiophene rings is 1. The van der Waals surface area contributed by atoms with Gasteiger partial charge in [0.05, 0.1) is 0 Å². The van der Waals surface area contributed by atoms with Crippen molar-refractivity contribution in [1.82, 2.24) is 5.32 Å². The van der Waals surface area contributed by atoms with Gasteiger partial charge in [-0.25, -0.2) is 0 Å². The van der Waals surface area contributed by atoms with Crippen LogP contribution in [0.1, 0.15) is 23.8 Å². The van der Waals surface area contributed by atoms with Crippen LogP contribution >= 0.6 is 22.9 Å². The van der Waals surface area contributed by atoms with Crippen molar-refractivity contribution >= 4 is 28.8 Å². The van der Waals surface area contributed by atoms with Gasteiger partial charge in [-0.05, 0) is 42.8 Å². The van der Waals surface area contributed by atoms with Crippen molar-refractivity contribution in [2.45, 2.75) is 32.2 Å². The molecule has 0 saturated heterocycles. The fourth-order valence-corrected chi connectivity index (χ4v) is 3.01. The van der Waals surface area contributed by atoms with Crippen LogP contribution in [-0.2, 0) is 17.6 Å². The number of rotatable bonds is 6. The predicted octanol–water partition coefficient (Wildman–Crippen LogP) is 4.08. The standard InChI is InChI=1S/C16H18ClNOS/c1-12(11-13-5-2-3-7-15(13)17)18-16(19)9-8-14-6-4-10-20-14/h2-7,10,12H,8-9,11H2,1H3,(H,18,19)/t12-/m0/s1. The predicted molar refractivity (Wildman–Crippen MR) is 85.4 cm³/mol. The summed E-state index contributed by atoms with van der Waals surface area (Å²) in [4.78, 5) is 13.1. The lowest BCUT2D eigenvalue weighted by Gasteiger charge is -2.14. The maximum absolute atomic E-state index is 11.9. The first-order chi connectivity index (χ1) is 9.65. The van der Waals surface area contributed by atoms with E-state index in [0.29, 0.717) is 6.42 Å². The molecule has 1 aromatic heterocycles. The Labute approximate surface area is 128 Å². The van der Waals surface area contributed by atoms with E-state index in [2.05, 4.69) is 11.4 Å². The van der Waals surface area contributed by atoms with Crippen molar-refractivity contribution in [1.29, 1.82) is 0 Å². The highest BCUT2D eigenvalue weighted by molar-refractivity contribution is 7.09. The Morgan fingerprint density at radius 2 is 2.10 bits per heavy atom. The molecule has 0 spiro atoms. The smallest absolute Gasteiger partial charge is 0.220 e. The summed E-state index contributed by atoms with van der Waals surface area (Å²) >= 11 is 7.81. The Morgan fingerprint density at radius 1 is 1.30 bits per heavy atom. The molecule has 1 amide bonds. The van der Waals surface area contributed by atoms with Crippen molar-refractivity contribution < 1.29 is 4.79 Å². The number of nitrogens with one attached hydrogen (secondary N) is 1. The summed E-state index contributed by atoms with van der Waals surface area (Å²) in [5.41, 5.74) is 1.07. The Bertz CT molecular complexity index is 553. The lowest BCUT2D eigenvalue weighted by molar-refractivity contribution is -0.121. The van der Waals surface area contributed by atoms with E-state index in [1.807, 2.05) is 42.6 Å². The Kier molecular flexibility index (Phi) is 5.62. The molecular weight excluding hydrogens is 290 g/mol. The van der Waals surface area contributed by atoms with Crippen LogP contribution in [0.15, 0.2) is 41.8 Å². The lowest BCUT2D eigenvalue weighted by Crippen LogP contribution is -2.34. The first kappa shape index (κ1) is 15.1. The van der Waals surface area contributed by atoms with E-state index in [4.69, 9.17) is 11.6 Å². The second-order valence-electron chi connectivity index (χ2n) is 4.84. The minimum atomic E-state index is 0.0886. The van der Waals surface area contributed by atoms with Crippen LogP contribution in [0.4, 0.5) is 0 Å². The summed E-state index contributed by atoms with van der Waals surface area (Å²) in [6.45, 7) is 2.01. The minimum Gasteiger partial charge on any atom is -0.353 e. The molecule has 0 fully saturated rings. The molecule has 1 N–H and O–H groups in total. The van der Waals surface area contributed by atoms with Crippen LogP contribution in [0.3, 0.4) is 0 Å². The van der Waals surface area contributed by atoms with E-state index >= 15 is 0 Å². The van der Waals surface area contributed by atoms with Crippen molar-refractivity contribution in [3.8, 4) is 0 Å². The number of carbonyl (C=O) groups excluding carboxylic acids is 1. The molecule has 1 aromatic carbocycles. The first-order valence-corrected chi connectivity index (χ1v) is 7.96. The van der Waals surface area contributed by atoms with Crippen molar-refractivity contribution in [3.05, 3.63) is 57.2 Å². The number of amides is 1. The zero-order valence-electron chi connectivity index (χ0n) is 11.4. The molecule has 2 rings (SSSR count). The largest absolute Gasteiger partial charge is 0.353 e. The molecule has 0 aliphatic rings. The van der Waals surface area contributed by atoms with Crippen LogP contribution in [0.25, 0.3) is 0 Å². The van der Waals surface area contributed by atoms with Crippen LogP contribution in [-0.4, -0.2) is 11.9 Å². The number of carbonyl (C=O) groups is 1. The summed E-state index contributed by atoms with van der Waals surface area (Å²) in [6, 6.07) is 11.9. The van der Waals surface area contributed by atoms with Gasteiger partial charge in [-0.15, -0.1) is 11.3 Å². The van der Waals surface area contributed by atoms with Gasteiger partial charge < -0.3 is 5.32 Å². The quantitative estimate of drug-likeness (QED) is 0.856. The zero-order valence-corrected chi connectivity index (χ0v) is 13.0. The fourth-order valence-electron chi connectivity index (χ4n) is 2.08. The monoisotopic (exact) mass is 307 g/mol. The average Bonchev–Trinajstić information content (AvgIpc) is 2.92. The van der Waals surface area contributed by atoms with Crippen LogP contribution in [0, 0.1) is 0 Å². The molecule has 0 aliphatic carbocycles. The summed E-state index contributed by atoms with van der Waals surface area (Å²) in [5.74, 6) is 0.0953. The highest BCUT2D eigenvalue weighted by Crippen LogP contribution is 2.16. The molecule has 106 valence electrons. The summed E-state index contributed by atoms with van der Waals surface area (Å²) in [6.07, 6.45) is 2.10. The van der Waals surface area contributed by atoms with Gasteiger partial charge >= 0.3 is 0 Å². The molecule has 2 aromatic rings. The topological polar surface area (TPSA) is 29.1 Å². The van der Waals surface area contributed by atoms with Gasteiger partial charge in [-0.1, -0.05) is 35.9 Å². The highest BCUT2D eigenvalue weighted by Gasteiger charge is 2.10. The second kappa shape index (κ2) is 7.46. The van der Waals surface area contributed by atoms with Crippen LogP contribution in [0.2, 0.25) is 5.02 Å². The Balaban J connectivity index is 1.78. The number of benzene rings is 1. The average molecular weight is 308 g/mol. The normalized spacial score (nSPS) is 12.1. The first-order valence-electron chi connectivity index (χ1n) is 6.70. The third-order valence-corrected chi connectivity index (χ3v) is 4.37. The Hall–Kier alpha value is -1.32. The molecule has 1 heterocycles.